The molecule has 0 aliphatic carbocycles. The van der Waals surface area contributed by atoms with Crippen molar-refractivity contribution in [3.8, 4) is 0 Å². The fourth-order valence-corrected chi connectivity index (χ4v) is 4.70. The molecule has 1 aromatic heterocycles. The number of nitrogens with zero attached hydrogens (tertiary/aromatic N) is 1. The van der Waals surface area contributed by atoms with Crippen LogP contribution in [0.5, 0.6) is 0 Å². The second-order valence-corrected chi connectivity index (χ2v) is 7.46. The number of nitrogens with two attached hydrogens (primary N) is 1. The van der Waals surface area contributed by atoms with Crippen molar-refractivity contribution in [3.63, 3.8) is 0 Å². The smallest absolute Gasteiger partial charge is 0.244 e. The van der Waals surface area contributed by atoms with E-state index in [1.807, 2.05) is 0 Å². The third kappa shape index (κ3) is 3.57. The Morgan fingerprint density at radius 3 is 2.45 bits per heavy atom. The molecule has 0 atom stereocenters. The summed E-state index contributed by atoms with van der Waals surface area (Å²) in [6, 6.07) is 6.66. The first-order valence-electron chi connectivity index (χ1n) is 5.53. The van der Waals surface area contributed by atoms with E-state index in [4.69, 9.17) is 5.73 Å². The number of sulfonamides is 1. The van der Waals surface area contributed by atoms with E-state index in [0.29, 0.717) is 8.95 Å². The first kappa shape index (κ1) is 15.4. The fraction of sp³-hybridized carbons (Fsp3) is 0.0833. The molecule has 2 aromatic rings. The van der Waals surface area contributed by atoms with Gasteiger partial charge in [0.2, 0.25) is 10.0 Å². The second kappa shape index (κ2) is 6.21. The quantitative estimate of drug-likeness (QED) is 0.744. The summed E-state index contributed by atoms with van der Waals surface area (Å²) in [6.07, 6.45) is 3.21. The topological polar surface area (TPSA) is 85.1 Å². The van der Waals surface area contributed by atoms with Crippen LogP contribution in [0.15, 0.2) is 50.5 Å². The summed E-state index contributed by atoms with van der Waals surface area (Å²) in [5, 5.41) is 0. The zero-order valence-electron chi connectivity index (χ0n) is 10.2. The van der Waals surface area contributed by atoms with E-state index < -0.39 is 10.0 Å². The van der Waals surface area contributed by atoms with E-state index >= 15 is 0 Å². The lowest BCUT2D eigenvalue weighted by Crippen LogP contribution is -2.24. The summed E-state index contributed by atoms with van der Waals surface area (Å²) in [4.78, 5) is 3.91. The van der Waals surface area contributed by atoms with Gasteiger partial charge in [-0.15, -0.1) is 0 Å². The standard InChI is InChI=1S/C12H11Br2N3O2S/c13-9-5-10(14)12(11(15)6-9)20(18,19)17-7-8-1-3-16-4-2-8/h1-6,17H,7,15H2. The van der Waals surface area contributed by atoms with Gasteiger partial charge in [0.25, 0.3) is 0 Å². The highest BCUT2D eigenvalue weighted by atomic mass is 79.9. The molecule has 0 saturated heterocycles. The zero-order chi connectivity index (χ0) is 14.8. The minimum atomic E-state index is -3.70. The molecule has 0 fully saturated rings. The van der Waals surface area contributed by atoms with E-state index in [2.05, 4.69) is 41.6 Å². The maximum Gasteiger partial charge on any atom is 0.244 e. The van der Waals surface area contributed by atoms with Crippen LogP contribution in [0.25, 0.3) is 0 Å². The van der Waals surface area contributed by atoms with Crippen molar-refractivity contribution < 1.29 is 8.42 Å². The van der Waals surface area contributed by atoms with Gasteiger partial charge in [-0.2, -0.15) is 0 Å². The third-order valence-corrected chi connectivity index (χ3v) is 5.38. The number of anilines is 1. The van der Waals surface area contributed by atoms with E-state index in [9.17, 15) is 8.42 Å². The highest BCUT2D eigenvalue weighted by molar-refractivity contribution is 9.11. The second-order valence-electron chi connectivity index (χ2n) is 3.99. The summed E-state index contributed by atoms with van der Waals surface area (Å²) >= 11 is 6.48. The third-order valence-electron chi connectivity index (χ3n) is 2.52. The van der Waals surface area contributed by atoms with Crippen LogP contribution in [0.1, 0.15) is 5.56 Å². The molecule has 106 valence electrons. The summed E-state index contributed by atoms with van der Waals surface area (Å²) in [6.45, 7) is 0.173. The van der Waals surface area contributed by atoms with E-state index in [1.54, 1.807) is 36.7 Å². The molecular weight excluding hydrogens is 410 g/mol. The molecule has 0 unspecified atom stereocenters. The van der Waals surface area contributed by atoms with Crippen LogP contribution in [-0.4, -0.2) is 13.4 Å². The average Bonchev–Trinajstić information content (AvgIpc) is 2.36. The Morgan fingerprint density at radius 1 is 1.20 bits per heavy atom. The number of hydrogen-bond donors (Lipinski definition) is 2. The molecule has 8 heteroatoms. The lowest BCUT2D eigenvalue weighted by molar-refractivity contribution is 0.581. The van der Waals surface area contributed by atoms with Gasteiger partial charge in [0.15, 0.2) is 0 Å². The van der Waals surface area contributed by atoms with Crippen molar-refractivity contribution in [2.24, 2.45) is 0 Å². The van der Waals surface area contributed by atoms with Crippen molar-refractivity contribution in [1.29, 1.82) is 0 Å². The number of halogens is 2. The van der Waals surface area contributed by atoms with Crippen molar-refractivity contribution in [2.75, 3.05) is 5.73 Å². The molecule has 0 saturated carbocycles. The number of hydrogen-bond acceptors (Lipinski definition) is 4. The Morgan fingerprint density at radius 2 is 1.85 bits per heavy atom. The van der Waals surface area contributed by atoms with Crippen LogP contribution in [0.3, 0.4) is 0 Å². The van der Waals surface area contributed by atoms with E-state index in [0.717, 1.165) is 5.56 Å². The molecular formula is C12H11Br2N3O2S. The van der Waals surface area contributed by atoms with Gasteiger partial charge in [-0.05, 0) is 45.8 Å². The lowest BCUT2D eigenvalue weighted by atomic mass is 10.3. The molecule has 1 heterocycles. The van der Waals surface area contributed by atoms with Gasteiger partial charge >= 0.3 is 0 Å². The van der Waals surface area contributed by atoms with Crippen LogP contribution >= 0.6 is 31.9 Å². The number of nitrogen functional groups attached to an aromatic ring is 1. The number of rotatable bonds is 4. The summed E-state index contributed by atoms with van der Waals surface area (Å²) in [7, 11) is -3.70. The largest absolute Gasteiger partial charge is 0.398 e. The van der Waals surface area contributed by atoms with Gasteiger partial charge in [-0.3, -0.25) is 4.98 Å². The molecule has 0 amide bonds. The molecule has 0 aliphatic rings. The summed E-state index contributed by atoms with van der Waals surface area (Å²) < 4.78 is 28.2. The summed E-state index contributed by atoms with van der Waals surface area (Å²) in [5.74, 6) is 0. The van der Waals surface area contributed by atoms with Crippen molar-refractivity contribution >= 4 is 47.6 Å². The summed E-state index contributed by atoms with van der Waals surface area (Å²) in [5.41, 5.74) is 6.78. The predicted octanol–water partition coefficient (Wildman–Crippen LogP) is 2.67. The van der Waals surface area contributed by atoms with Crippen molar-refractivity contribution in [3.05, 3.63) is 51.2 Å². The minimum absolute atomic E-state index is 0.0368. The maximum atomic E-state index is 12.3. The normalized spacial score (nSPS) is 11.5. The lowest BCUT2D eigenvalue weighted by Gasteiger charge is -2.11. The monoisotopic (exact) mass is 419 g/mol. The Kier molecular flexibility index (Phi) is 4.79. The van der Waals surface area contributed by atoms with Gasteiger partial charge in [0.05, 0.1) is 5.69 Å². The number of pyridine rings is 1. The molecule has 3 N–H and O–H groups in total. The SMILES string of the molecule is Nc1cc(Br)cc(Br)c1S(=O)(=O)NCc1ccncc1. The molecule has 20 heavy (non-hydrogen) atoms. The first-order chi connectivity index (χ1) is 9.40. The maximum absolute atomic E-state index is 12.3. The van der Waals surface area contributed by atoms with Crippen LogP contribution in [0.4, 0.5) is 5.69 Å². The van der Waals surface area contributed by atoms with E-state index in [1.165, 1.54) is 0 Å². The Bertz CT molecular complexity index is 698. The highest BCUT2D eigenvalue weighted by Gasteiger charge is 2.21. The van der Waals surface area contributed by atoms with Crippen LogP contribution in [0.2, 0.25) is 0 Å². The zero-order valence-corrected chi connectivity index (χ0v) is 14.2. The molecule has 0 bridgehead atoms. The van der Waals surface area contributed by atoms with Gasteiger partial charge in [0, 0.05) is 27.9 Å². The fourth-order valence-electron chi connectivity index (χ4n) is 1.61. The molecule has 0 aliphatic heterocycles. The van der Waals surface area contributed by atoms with Crippen molar-refractivity contribution in [2.45, 2.75) is 11.4 Å². The minimum Gasteiger partial charge on any atom is -0.398 e. The molecule has 0 radical (unpaired) electrons. The van der Waals surface area contributed by atoms with Crippen LogP contribution < -0.4 is 10.5 Å². The Balaban J connectivity index is 2.28. The van der Waals surface area contributed by atoms with Crippen LogP contribution in [0, 0.1) is 0 Å². The van der Waals surface area contributed by atoms with E-state index in [-0.39, 0.29) is 17.1 Å². The number of benzene rings is 1. The van der Waals surface area contributed by atoms with Gasteiger partial charge < -0.3 is 5.73 Å². The van der Waals surface area contributed by atoms with Crippen molar-refractivity contribution in [1.82, 2.24) is 9.71 Å². The van der Waals surface area contributed by atoms with Gasteiger partial charge in [-0.1, -0.05) is 15.9 Å². The van der Waals surface area contributed by atoms with Crippen LogP contribution in [-0.2, 0) is 16.6 Å². The van der Waals surface area contributed by atoms with Gasteiger partial charge in [0.1, 0.15) is 4.90 Å². The van der Waals surface area contributed by atoms with Gasteiger partial charge in [-0.25, -0.2) is 13.1 Å². The highest BCUT2D eigenvalue weighted by Crippen LogP contribution is 2.31. The molecule has 2 rings (SSSR count). The predicted molar refractivity (Wildman–Crippen MR) is 84.5 cm³/mol. The number of aromatic nitrogens is 1. The molecule has 0 spiro atoms. The number of nitrogens with one attached hydrogen (secondary N) is 1. The Labute approximate surface area is 133 Å². The first-order valence-corrected chi connectivity index (χ1v) is 8.60. The average molecular weight is 421 g/mol. The molecule has 5 nitrogen and oxygen atoms in total. The molecule has 1 aromatic carbocycles. The Hall–Kier alpha value is -0.960.